The number of hydrogen-bond donors (Lipinski definition) is 0. The zero-order valence-corrected chi connectivity index (χ0v) is 14.3. The Morgan fingerprint density at radius 2 is 1.91 bits per heavy atom. The second-order valence-electron chi connectivity index (χ2n) is 6.90. The van der Waals surface area contributed by atoms with Gasteiger partial charge in [0.25, 0.3) is 0 Å². The Balaban J connectivity index is 1.43. The first-order valence-electron chi connectivity index (χ1n) is 8.90. The molecule has 0 N–H and O–H groups in total. The van der Waals surface area contributed by atoms with E-state index in [9.17, 15) is 4.79 Å². The molecule has 1 aromatic rings. The van der Waals surface area contributed by atoms with Crippen molar-refractivity contribution in [2.45, 2.75) is 58.5 Å². The van der Waals surface area contributed by atoms with Crippen LogP contribution in [0.15, 0.2) is 0 Å². The van der Waals surface area contributed by atoms with Crippen LogP contribution in [0.1, 0.15) is 44.9 Å². The van der Waals surface area contributed by atoms with Gasteiger partial charge in [0, 0.05) is 25.6 Å². The second-order valence-corrected chi connectivity index (χ2v) is 6.90. The highest BCUT2D eigenvalue weighted by atomic mass is 16.2. The van der Waals surface area contributed by atoms with Crippen molar-refractivity contribution in [3.8, 4) is 0 Å². The first-order valence-corrected chi connectivity index (χ1v) is 8.90. The van der Waals surface area contributed by atoms with Gasteiger partial charge in [-0.3, -0.25) is 4.79 Å². The molecule has 0 aliphatic carbocycles. The van der Waals surface area contributed by atoms with Crippen molar-refractivity contribution in [3.05, 3.63) is 5.82 Å². The number of likely N-dealkylation sites (tertiary alicyclic amines) is 2. The highest BCUT2D eigenvalue weighted by Gasteiger charge is 2.30. The van der Waals surface area contributed by atoms with E-state index in [0.717, 1.165) is 37.7 Å². The van der Waals surface area contributed by atoms with Crippen LogP contribution in [0.4, 0.5) is 0 Å². The van der Waals surface area contributed by atoms with E-state index in [2.05, 4.69) is 27.3 Å². The largest absolute Gasteiger partial charge is 0.343 e. The molecule has 2 fully saturated rings. The zero-order chi connectivity index (χ0) is 16.2. The third-order valence-electron chi connectivity index (χ3n) is 5.54. The summed E-state index contributed by atoms with van der Waals surface area (Å²) in [5, 5.41) is 11.4. The first-order chi connectivity index (χ1) is 11.1. The lowest BCUT2D eigenvalue weighted by Gasteiger charge is -2.38. The van der Waals surface area contributed by atoms with Gasteiger partial charge in [-0.2, -0.15) is 0 Å². The molecule has 1 unspecified atom stereocenters. The number of aryl methyl sites for hydroxylation is 2. The maximum Gasteiger partial charge on any atom is 0.224 e. The van der Waals surface area contributed by atoms with Gasteiger partial charge in [-0.1, -0.05) is 0 Å². The van der Waals surface area contributed by atoms with Crippen molar-refractivity contribution in [2.75, 3.05) is 26.2 Å². The molecule has 7 nitrogen and oxygen atoms in total. The molecule has 1 aromatic heterocycles. The molecule has 0 saturated carbocycles. The van der Waals surface area contributed by atoms with Crippen LogP contribution in [0, 0.1) is 12.8 Å². The van der Waals surface area contributed by atoms with Crippen LogP contribution in [-0.4, -0.2) is 68.1 Å². The van der Waals surface area contributed by atoms with Gasteiger partial charge in [0.1, 0.15) is 5.82 Å². The van der Waals surface area contributed by atoms with E-state index >= 15 is 0 Å². The molecule has 0 bridgehead atoms. The van der Waals surface area contributed by atoms with E-state index in [-0.39, 0.29) is 5.91 Å². The number of tetrazole rings is 1. The molecule has 7 heteroatoms. The molecule has 0 spiro atoms. The lowest BCUT2D eigenvalue weighted by Crippen LogP contribution is -2.45. The van der Waals surface area contributed by atoms with Crippen molar-refractivity contribution in [2.24, 2.45) is 5.92 Å². The fourth-order valence-electron chi connectivity index (χ4n) is 3.89. The van der Waals surface area contributed by atoms with E-state index in [1.807, 2.05) is 11.8 Å². The number of amides is 1. The van der Waals surface area contributed by atoms with Gasteiger partial charge < -0.3 is 9.80 Å². The molecule has 1 amide bonds. The Hall–Kier alpha value is -1.50. The molecule has 2 aliphatic heterocycles. The van der Waals surface area contributed by atoms with Crippen LogP contribution >= 0.6 is 0 Å². The minimum atomic E-state index is 0.229. The average Bonchev–Trinajstić information content (AvgIpc) is 3.24. The molecule has 3 rings (SSSR count). The minimum absolute atomic E-state index is 0.229. The molecule has 2 saturated heterocycles. The summed E-state index contributed by atoms with van der Waals surface area (Å²) in [4.78, 5) is 17.0. The van der Waals surface area contributed by atoms with E-state index in [0.29, 0.717) is 19.0 Å². The fourth-order valence-corrected chi connectivity index (χ4v) is 3.89. The highest BCUT2D eigenvalue weighted by molar-refractivity contribution is 5.76. The predicted octanol–water partition coefficient (Wildman–Crippen LogP) is 1.09. The third kappa shape index (κ3) is 3.88. The van der Waals surface area contributed by atoms with Crippen LogP contribution < -0.4 is 0 Å². The van der Waals surface area contributed by atoms with Crippen LogP contribution in [0.2, 0.25) is 0 Å². The van der Waals surface area contributed by atoms with Crippen LogP contribution in [0.3, 0.4) is 0 Å². The standard InChI is InChI=1S/C16H28N6O/c1-13(20-8-3-4-9-20)15-5-10-21(11-6-15)16(23)7-12-22-14(2)17-18-19-22/h13,15H,3-12H2,1-2H3. The molecular weight excluding hydrogens is 292 g/mol. The van der Waals surface area contributed by atoms with Crippen molar-refractivity contribution in [3.63, 3.8) is 0 Å². The average molecular weight is 320 g/mol. The third-order valence-corrected chi connectivity index (χ3v) is 5.54. The molecule has 1 atom stereocenters. The summed E-state index contributed by atoms with van der Waals surface area (Å²) in [5.74, 6) is 1.72. The van der Waals surface area contributed by atoms with Gasteiger partial charge in [0.2, 0.25) is 5.91 Å². The summed E-state index contributed by atoms with van der Waals surface area (Å²) < 4.78 is 1.69. The predicted molar refractivity (Wildman–Crippen MR) is 86.7 cm³/mol. The van der Waals surface area contributed by atoms with Crippen molar-refractivity contribution in [1.29, 1.82) is 0 Å². The summed E-state index contributed by atoms with van der Waals surface area (Å²) in [6.45, 7) is 9.11. The number of piperidine rings is 1. The van der Waals surface area contributed by atoms with Crippen LogP contribution in [0.25, 0.3) is 0 Å². The molecule has 2 aliphatic rings. The van der Waals surface area contributed by atoms with Gasteiger partial charge in [-0.15, -0.1) is 5.10 Å². The molecule has 128 valence electrons. The molecular formula is C16H28N6O. The number of aromatic nitrogens is 4. The Kier molecular flexibility index (Phi) is 5.25. The van der Waals surface area contributed by atoms with Crippen molar-refractivity contribution >= 4 is 5.91 Å². The lowest BCUT2D eigenvalue weighted by molar-refractivity contribution is -0.133. The maximum atomic E-state index is 12.4. The number of hydrogen-bond acceptors (Lipinski definition) is 5. The van der Waals surface area contributed by atoms with Crippen molar-refractivity contribution in [1.82, 2.24) is 30.0 Å². The van der Waals surface area contributed by atoms with E-state index in [1.165, 1.54) is 25.9 Å². The summed E-state index contributed by atoms with van der Waals surface area (Å²) in [6, 6.07) is 0.665. The summed E-state index contributed by atoms with van der Waals surface area (Å²) in [5.41, 5.74) is 0. The topological polar surface area (TPSA) is 67.2 Å². The van der Waals surface area contributed by atoms with Gasteiger partial charge in [-0.25, -0.2) is 4.68 Å². The van der Waals surface area contributed by atoms with Gasteiger partial charge in [-0.05, 0) is 69.0 Å². The number of carbonyl (C=O) groups is 1. The maximum absolute atomic E-state index is 12.4. The zero-order valence-electron chi connectivity index (χ0n) is 14.3. The number of nitrogens with zero attached hydrogens (tertiary/aromatic N) is 6. The monoisotopic (exact) mass is 320 g/mol. The first kappa shape index (κ1) is 16.4. The quantitative estimate of drug-likeness (QED) is 0.812. The number of carbonyl (C=O) groups excluding carboxylic acids is 1. The van der Waals surface area contributed by atoms with Gasteiger partial charge >= 0.3 is 0 Å². The van der Waals surface area contributed by atoms with Crippen LogP contribution in [0.5, 0.6) is 0 Å². The van der Waals surface area contributed by atoms with Gasteiger partial charge in [0.15, 0.2) is 0 Å². The van der Waals surface area contributed by atoms with E-state index in [1.54, 1.807) is 4.68 Å². The second kappa shape index (κ2) is 7.38. The Morgan fingerprint density at radius 1 is 1.22 bits per heavy atom. The minimum Gasteiger partial charge on any atom is -0.343 e. The van der Waals surface area contributed by atoms with E-state index < -0.39 is 0 Å². The van der Waals surface area contributed by atoms with E-state index in [4.69, 9.17) is 0 Å². The lowest BCUT2D eigenvalue weighted by atomic mass is 9.89. The summed E-state index contributed by atoms with van der Waals surface area (Å²) >= 11 is 0. The van der Waals surface area contributed by atoms with Crippen molar-refractivity contribution < 1.29 is 4.79 Å². The Labute approximate surface area is 138 Å². The molecule has 0 aromatic carbocycles. The molecule has 0 radical (unpaired) electrons. The Bertz CT molecular complexity index is 516. The SMILES string of the molecule is Cc1nnnn1CCC(=O)N1CCC(C(C)N2CCCC2)CC1. The number of rotatable bonds is 5. The smallest absolute Gasteiger partial charge is 0.224 e. The summed E-state index contributed by atoms with van der Waals surface area (Å²) in [7, 11) is 0. The normalized spacial score (nSPS) is 21.7. The Morgan fingerprint density at radius 3 is 2.52 bits per heavy atom. The van der Waals surface area contributed by atoms with Gasteiger partial charge in [0.05, 0.1) is 6.54 Å². The fraction of sp³-hybridized carbons (Fsp3) is 0.875. The highest BCUT2D eigenvalue weighted by Crippen LogP contribution is 2.26. The summed E-state index contributed by atoms with van der Waals surface area (Å²) in [6.07, 6.45) is 5.44. The van der Waals surface area contributed by atoms with Crippen LogP contribution in [-0.2, 0) is 11.3 Å². The molecule has 23 heavy (non-hydrogen) atoms. The molecule has 3 heterocycles.